The monoisotopic (exact) mass is 877 g/mol. The second-order valence-corrected chi connectivity index (χ2v) is 16.1. The Labute approximate surface area is 402 Å². The third-order valence-corrected chi connectivity index (χ3v) is 10.9. The molecule has 0 aliphatic rings. The van der Waals surface area contributed by atoms with E-state index < -0.39 is 56.5 Å². The SMILES string of the molecule is Nc1ccc2cc(S(=O)(=O)[O-])c(N=Nc3ccc(N=Nc4ccc(N=Nc5ccccc5)c5ccc(S(=O)(=O)[O-])cc45)c4ccc(S(=O)(=O)[O-])cc34)c(O)c2c1.[Na+].[Na+].[Na+]. The summed E-state index contributed by atoms with van der Waals surface area (Å²) in [6.07, 6.45) is 0. The topological polar surface area (TPSA) is 292 Å². The largest absolute Gasteiger partial charge is 1.00 e. The fourth-order valence-electron chi connectivity index (χ4n) is 5.72. The number of anilines is 1. The van der Waals surface area contributed by atoms with E-state index in [-0.39, 0.29) is 138 Å². The average Bonchev–Trinajstić information content (AvgIpc) is 3.15. The van der Waals surface area contributed by atoms with Gasteiger partial charge in [0.1, 0.15) is 36.0 Å². The van der Waals surface area contributed by atoms with Crippen LogP contribution in [-0.2, 0) is 30.4 Å². The van der Waals surface area contributed by atoms with Gasteiger partial charge in [0, 0.05) is 32.6 Å². The standard InChI is InChI=1S/C36H25N7O10S3.3Na/c37-21-7-6-20-16-34(56(51,52)53)35(36(44)27(20)17-21)43-42-33-15-13-31(26-11-9-24(19-29(26)33)55(48,49)50)40-41-32-14-12-30(39-38-22-4-2-1-3-5-22)25-10-8-23(18-28(25)32)54(45,46)47;;;/h1-19,44H,37H2,(H,45,46,47)(H,48,49,50)(H,51,52,53);;;/q;3*+1/p-3. The molecule has 0 aromatic heterocycles. The van der Waals surface area contributed by atoms with Crippen LogP contribution in [0.5, 0.6) is 5.75 Å². The van der Waals surface area contributed by atoms with E-state index in [4.69, 9.17) is 5.73 Å². The van der Waals surface area contributed by atoms with Crippen molar-refractivity contribution in [1.82, 2.24) is 0 Å². The summed E-state index contributed by atoms with van der Waals surface area (Å²) >= 11 is 0. The van der Waals surface area contributed by atoms with E-state index in [1.165, 1.54) is 48.5 Å². The van der Waals surface area contributed by atoms with Crippen molar-refractivity contribution in [2.75, 3.05) is 5.73 Å². The van der Waals surface area contributed by atoms with Gasteiger partial charge in [-0.25, -0.2) is 25.3 Å². The van der Waals surface area contributed by atoms with Gasteiger partial charge in [-0.05, 0) is 84.2 Å². The number of nitrogen functional groups attached to an aromatic ring is 1. The van der Waals surface area contributed by atoms with Crippen molar-refractivity contribution in [3.8, 4) is 5.75 Å². The molecule has 0 saturated carbocycles. The van der Waals surface area contributed by atoms with Crippen molar-refractivity contribution in [3.05, 3.63) is 115 Å². The molecule has 0 fully saturated rings. The number of rotatable bonds is 9. The Balaban J connectivity index is 0.00000256. The molecule has 0 spiro atoms. The molecule has 7 aromatic carbocycles. The van der Waals surface area contributed by atoms with Crippen molar-refractivity contribution in [1.29, 1.82) is 0 Å². The van der Waals surface area contributed by atoms with E-state index in [1.807, 2.05) is 0 Å². The Bertz CT molecular complexity index is 3210. The van der Waals surface area contributed by atoms with Crippen LogP contribution in [0.2, 0.25) is 0 Å². The molecule has 0 aliphatic carbocycles. The Morgan fingerprint density at radius 1 is 0.458 bits per heavy atom. The molecule has 0 atom stereocenters. The summed E-state index contributed by atoms with van der Waals surface area (Å²) in [6.45, 7) is 0. The minimum Gasteiger partial charge on any atom is -0.744 e. The van der Waals surface area contributed by atoms with Crippen LogP contribution in [0.4, 0.5) is 39.8 Å². The molecular formula is C36H22N7Na3O10S3. The molecule has 23 heteroatoms. The first-order valence-electron chi connectivity index (χ1n) is 15.8. The van der Waals surface area contributed by atoms with Crippen molar-refractivity contribution in [2.45, 2.75) is 14.7 Å². The molecule has 0 aliphatic heterocycles. The quantitative estimate of drug-likeness (QED) is 0.0799. The Morgan fingerprint density at radius 3 is 1.39 bits per heavy atom. The first-order chi connectivity index (χ1) is 26.5. The van der Waals surface area contributed by atoms with Gasteiger partial charge < -0.3 is 24.5 Å². The molecule has 59 heavy (non-hydrogen) atoms. The van der Waals surface area contributed by atoms with Crippen LogP contribution in [0.15, 0.2) is 161 Å². The van der Waals surface area contributed by atoms with E-state index in [0.717, 1.165) is 30.3 Å². The van der Waals surface area contributed by atoms with Gasteiger partial charge in [0.25, 0.3) is 0 Å². The molecule has 7 aromatic rings. The van der Waals surface area contributed by atoms with Crippen LogP contribution in [0.1, 0.15) is 0 Å². The Kier molecular flexibility index (Phi) is 15.5. The molecular weight excluding hydrogens is 856 g/mol. The second-order valence-electron chi connectivity index (χ2n) is 12.0. The molecule has 0 radical (unpaired) electrons. The number of hydrogen-bond acceptors (Lipinski definition) is 17. The maximum Gasteiger partial charge on any atom is 1.00 e. The summed E-state index contributed by atoms with van der Waals surface area (Å²) in [5, 5.41) is 36.9. The Hall–Kier alpha value is -3.55. The second kappa shape index (κ2) is 19.0. The van der Waals surface area contributed by atoms with Crippen LogP contribution in [0.25, 0.3) is 32.3 Å². The molecule has 0 saturated heterocycles. The third-order valence-electron chi connectivity index (χ3n) is 8.36. The number of aromatic hydroxyl groups is 1. The van der Waals surface area contributed by atoms with Crippen molar-refractivity contribution < 1.29 is 133 Å². The van der Waals surface area contributed by atoms with Crippen molar-refractivity contribution in [3.63, 3.8) is 0 Å². The number of fused-ring (bicyclic) bond motifs is 3. The molecule has 3 N–H and O–H groups in total. The van der Waals surface area contributed by atoms with Crippen LogP contribution in [0, 0.1) is 0 Å². The normalized spacial score (nSPS) is 12.3. The summed E-state index contributed by atoms with van der Waals surface area (Å²) in [5.41, 5.74) is 6.21. The zero-order chi connectivity index (χ0) is 40.0. The summed E-state index contributed by atoms with van der Waals surface area (Å²) in [6, 6.07) is 26.4. The van der Waals surface area contributed by atoms with Crippen LogP contribution < -0.4 is 94.4 Å². The summed E-state index contributed by atoms with van der Waals surface area (Å²) < 4.78 is 109. The molecule has 7 rings (SSSR count). The van der Waals surface area contributed by atoms with Crippen LogP contribution >= 0.6 is 0 Å². The molecule has 0 bridgehead atoms. The first kappa shape index (κ1) is 48.1. The van der Waals surface area contributed by atoms with Crippen LogP contribution in [-0.4, -0.2) is 44.0 Å². The predicted molar refractivity (Wildman–Crippen MR) is 201 cm³/mol. The molecule has 17 nitrogen and oxygen atoms in total. The number of phenolic OH excluding ortho intramolecular Hbond substituents is 1. The minimum atomic E-state index is -5.22. The van der Waals surface area contributed by atoms with Gasteiger partial charge in [-0.15, -0.1) is 25.6 Å². The first-order valence-corrected chi connectivity index (χ1v) is 20.1. The molecule has 0 unspecified atom stereocenters. The summed E-state index contributed by atoms with van der Waals surface area (Å²) in [5.74, 6) is -0.724. The fraction of sp³-hybridized carbons (Fsp3) is 0. The third kappa shape index (κ3) is 10.7. The maximum atomic E-state index is 12.2. The van der Waals surface area contributed by atoms with E-state index in [2.05, 4.69) is 30.7 Å². The fourth-order valence-corrected chi connectivity index (χ4v) is 7.36. The van der Waals surface area contributed by atoms with Gasteiger partial charge in [-0.1, -0.05) is 36.4 Å². The van der Waals surface area contributed by atoms with Crippen molar-refractivity contribution >= 4 is 102 Å². The molecule has 282 valence electrons. The summed E-state index contributed by atoms with van der Waals surface area (Å²) in [7, 11) is -15.1. The Morgan fingerprint density at radius 2 is 0.915 bits per heavy atom. The van der Waals surface area contributed by atoms with Gasteiger partial charge in [0.05, 0.1) is 43.1 Å². The molecule has 0 heterocycles. The number of phenols is 1. The van der Waals surface area contributed by atoms with E-state index in [0.29, 0.717) is 16.8 Å². The number of nitrogens with zero attached hydrogens (tertiary/aromatic N) is 6. The minimum absolute atomic E-state index is 0. The maximum absolute atomic E-state index is 12.2. The number of benzene rings is 7. The van der Waals surface area contributed by atoms with Gasteiger partial charge in [0.15, 0.2) is 5.75 Å². The molecule has 0 amide bonds. The smallest absolute Gasteiger partial charge is 0.744 e. The van der Waals surface area contributed by atoms with E-state index in [1.54, 1.807) is 36.4 Å². The zero-order valence-corrected chi connectivity index (χ0v) is 39.5. The van der Waals surface area contributed by atoms with E-state index >= 15 is 0 Å². The number of hydrogen-bond donors (Lipinski definition) is 2. The van der Waals surface area contributed by atoms with Crippen molar-refractivity contribution in [2.24, 2.45) is 30.7 Å². The van der Waals surface area contributed by atoms with Crippen LogP contribution in [0.3, 0.4) is 0 Å². The zero-order valence-electron chi connectivity index (χ0n) is 31.1. The van der Waals surface area contributed by atoms with Gasteiger partial charge in [0.2, 0.25) is 0 Å². The van der Waals surface area contributed by atoms with Gasteiger partial charge in [-0.3, -0.25) is 0 Å². The van der Waals surface area contributed by atoms with E-state index in [9.17, 15) is 44.0 Å². The number of azo groups is 3. The number of nitrogens with two attached hydrogens (primary N) is 1. The predicted octanol–water partition coefficient (Wildman–Crippen LogP) is -0.595. The van der Waals surface area contributed by atoms with Gasteiger partial charge >= 0.3 is 88.7 Å². The summed E-state index contributed by atoms with van der Waals surface area (Å²) in [4.78, 5) is -2.11. The average molecular weight is 878 g/mol. The van der Waals surface area contributed by atoms with Gasteiger partial charge in [-0.2, -0.15) is 5.11 Å².